The van der Waals surface area contributed by atoms with Gasteiger partial charge in [0.15, 0.2) is 0 Å². The van der Waals surface area contributed by atoms with E-state index in [4.69, 9.17) is 19.3 Å². The van der Waals surface area contributed by atoms with Gasteiger partial charge in [0.1, 0.15) is 12.2 Å². The van der Waals surface area contributed by atoms with Gasteiger partial charge in [0.05, 0.1) is 19.6 Å². The Bertz CT molecular complexity index is 400. The Balaban J connectivity index is 4.68. The summed E-state index contributed by atoms with van der Waals surface area (Å²) in [5.74, 6) is -3.79. The van der Waals surface area contributed by atoms with Crippen molar-refractivity contribution in [2.24, 2.45) is 0 Å². The number of rotatable bonds is 10. The van der Waals surface area contributed by atoms with Crippen LogP contribution in [0.3, 0.4) is 0 Å². The molecule has 0 bridgehead atoms. The summed E-state index contributed by atoms with van der Waals surface area (Å²) in [5, 5.41) is 19.3. The molecule has 0 aromatic heterocycles. The highest BCUT2D eigenvalue weighted by molar-refractivity contribution is 7.54. The average molecular weight is 311 g/mol. The van der Waals surface area contributed by atoms with E-state index in [-0.39, 0.29) is 13.2 Å². The molecule has 116 valence electrons. The molecule has 0 aromatic carbocycles. The Labute approximate surface area is 115 Å². The van der Waals surface area contributed by atoms with Crippen molar-refractivity contribution in [2.75, 3.05) is 19.4 Å². The molecule has 0 aliphatic carbocycles. The van der Waals surface area contributed by atoms with Gasteiger partial charge in [0.25, 0.3) is 0 Å². The molecule has 1 amide bonds. The first-order valence-corrected chi connectivity index (χ1v) is 7.59. The van der Waals surface area contributed by atoms with E-state index in [2.05, 4.69) is 0 Å². The minimum atomic E-state index is -3.65. The number of nitrogens with one attached hydrogen (secondary N) is 1. The smallest absolute Gasteiger partial charge is 0.340 e. The third kappa shape index (κ3) is 7.22. The van der Waals surface area contributed by atoms with E-state index >= 15 is 0 Å². The average Bonchev–Trinajstić information content (AvgIpc) is 2.27. The molecule has 0 aliphatic rings. The molecule has 0 saturated heterocycles. The molecule has 0 aromatic rings. The molecule has 0 rings (SSSR count). The lowest BCUT2D eigenvalue weighted by Gasteiger charge is -2.18. The van der Waals surface area contributed by atoms with Crippen molar-refractivity contribution >= 4 is 25.4 Å². The van der Waals surface area contributed by atoms with Crippen LogP contribution in [-0.2, 0) is 28.0 Å². The first kappa shape index (κ1) is 18.6. The highest BCUT2D eigenvalue weighted by atomic mass is 31.2. The molecule has 0 heterocycles. The van der Waals surface area contributed by atoms with Crippen molar-refractivity contribution in [3.05, 3.63) is 0 Å². The van der Waals surface area contributed by atoms with Crippen LogP contribution < -0.4 is 5.32 Å². The van der Waals surface area contributed by atoms with Gasteiger partial charge in [-0.05, 0) is 13.8 Å². The van der Waals surface area contributed by atoms with E-state index in [0.717, 1.165) is 0 Å². The summed E-state index contributed by atoms with van der Waals surface area (Å²) in [7, 11) is -3.65. The Kier molecular flexibility index (Phi) is 8.05. The van der Waals surface area contributed by atoms with E-state index in [0.29, 0.717) is 0 Å². The molecule has 3 N–H and O–H groups in total. The third-order valence-corrected chi connectivity index (χ3v) is 3.98. The largest absolute Gasteiger partial charge is 0.481 e. The number of hydrogen-bond acceptors (Lipinski definition) is 6. The van der Waals surface area contributed by atoms with Gasteiger partial charge in [-0.1, -0.05) is 0 Å². The number of carbonyl (C=O) groups excluding carboxylic acids is 1. The van der Waals surface area contributed by atoms with E-state index in [1.807, 2.05) is 5.32 Å². The Morgan fingerprint density at radius 1 is 1.15 bits per heavy atom. The van der Waals surface area contributed by atoms with Gasteiger partial charge in [0, 0.05) is 0 Å². The molecule has 10 heteroatoms. The molecular weight excluding hydrogens is 293 g/mol. The lowest BCUT2D eigenvalue weighted by atomic mass is 10.2. The van der Waals surface area contributed by atoms with Crippen molar-refractivity contribution in [2.45, 2.75) is 26.3 Å². The molecule has 0 unspecified atom stereocenters. The molecule has 0 aliphatic heterocycles. The first-order chi connectivity index (χ1) is 9.24. The number of carboxylic acids is 2. The van der Waals surface area contributed by atoms with Crippen LogP contribution in [-0.4, -0.2) is 53.5 Å². The standard InChI is InChI=1S/C10H18NO8P/c1-3-18-20(17,19-4-2)6-8(12)11-7(10(15)16)5-9(13)14/h7H,3-6H2,1-2H3,(H,11,12)(H,13,14)(H,15,16)/t7-/m0/s1. The molecule has 0 spiro atoms. The zero-order chi connectivity index (χ0) is 15.8. The van der Waals surface area contributed by atoms with Crippen LogP contribution in [0, 0.1) is 0 Å². The quantitative estimate of drug-likeness (QED) is 0.489. The van der Waals surface area contributed by atoms with Crippen molar-refractivity contribution in [1.29, 1.82) is 0 Å². The second-order valence-corrected chi connectivity index (χ2v) is 5.72. The maximum absolute atomic E-state index is 12.0. The Morgan fingerprint density at radius 3 is 2.00 bits per heavy atom. The van der Waals surface area contributed by atoms with Gasteiger partial charge in [0.2, 0.25) is 5.91 Å². The number of carboxylic acid groups (broad SMARTS) is 2. The van der Waals surface area contributed by atoms with Crippen molar-refractivity contribution < 1.29 is 38.2 Å². The molecule has 0 fully saturated rings. The van der Waals surface area contributed by atoms with Gasteiger partial charge in [-0.3, -0.25) is 14.2 Å². The van der Waals surface area contributed by atoms with Gasteiger partial charge in [-0.25, -0.2) is 4.79 Å². The number of aliphatic carboxylic acids is 2. The van der Waals surface area contributed by atoms with Gasteiger partial charge >= 0.3 is 19.5 Å². The van der Waals surface area contributed by atoms with Gasteiger partial charge < -0.3 is 24.6 Å². The predicted molar refractivity (Wildman–Crippen MR) is 67.5 cm³/mol. The monoisotopic (exact) mass is 311 g/mol. The summed E-state index contributed by atoms with van der Waals surface area (Å²) in [5.41, 5.74) is 0. The topological polar surface area (TPSA) is 139 Å². The SMILES string of the molecule is CCOP(=O)(CC(=O)N[C@@H](CC(=O)O)C(=O)O)OCC. The van der Waals surface area contributed by atoms with Crippen molar-refractivity contribution in [3.63, 3.8) is 0 Å². The predicted octanol–water partition coefficient (Wildman–Crippen LogP) is 0.297. The van der Waals surface area contributed by atoms with Crippen LogP contribution in [0.2, 0.25) is 0 Å². The second kappa shape index (κ2) is 8.68. The summed E-state index contributed by atoms with van der Waals surface area (Å²) in [6.07, 6.45) is -1.45. The van der Waals surface area contributed by atoms with Crippen LogP contribution in [0.4, 0.5) is 0 Å². The highest BCUT2D eigenvalue weighted by Crippen LogP contribution is 2.47. The molecule has 1 atom stereocenters. The van der Waals surface area contributed by atoms with E-state index in [9.17, 15) is 18.9 Å². The molecule has 20 heavy (non-hydrogen) atoms. The van der Waals surface area contributed by atoms with E-state index in [1.165, 1.54) is 0 Å². The highest BCUT2D eigenvalue weighted by Gasteiger charge is 2.30. The lowest BCUT2D eigenvalue weighted by Crippen LogP contribution is -2.43. The summed E-state index contributed by atoms with van der Waals surface area (Å²) in [6, 6.07) is -1.60. The fourth-order valence-corrected chi connectivity index (χ4v) is 2.80. The van der Waals surface area contributed by atoms with Crippen molar-refractivity contribution in [3.8, 4) is 0 Å². The number of carbonyl (C=O) groups is 3. The lowest BCUT2D eigenvalue weighted by molar-refractivity contribution is -0.147. The van der Waals surface area contributed by atoms with E-state index in [1.54, 1.807) is 13.8 Å². The molecule has 0 saturated carbocycles. The first-order valence-electron chi connectivity index (χ1n) is 5.86. The van der Waals surface area contributed by atoms with Crippen LogP contribution in [0.1, 0.15) is 20.3 Å². The summed E-state index contributed by atoms with van der Waals surface area (Å²) in [6.45, 7) is 3.24. The summed E-state index contributed by atoms with van der Waals surface area (Å²) < 4.78 is 21.8. The second-order valence-electron chi connectivity index (χ2n) is 3.66. The number of hydrogen-bond donors (Lipinski definition) is 3. The fourth-order valence-electron chi connectivity index (χ4n) is 1.31. The Morgan fingerprint density at radius 2 is 1.65 bits per heavy atom. The maximum atomic E-state index is 12.0. The maximum Gasteiger partial charge on any atom is 0.340 e. The van der Waals surface area contributed by atoms with Gasteiger partial charge in [-0.15, -0.1) is 0 Å². The summed E-state index contributed by atoms with van der Waals surface area (Å²) >= 11 is 0. The van der Waals surface area contributed by atoms with Crippen LogP contribution in [0.15, 0.2) is 0 Å². The minimum Gasteiger partial charge on any atom is -0.481 e. The Hall–Kier alpha value is -1.44. The number of amides is 1. The van der Waals surface area contributed by atoms with Crippen LogP contribution in [0.25, 0.3) is 0 Å². The van der Waals surface area contributed by atoms with E-state index < -0.39 is 44.1 Å². The van der Waals surface area contributed by atoms with Crippen LogP contribution >= 0.6 is 7.60 Å². The minimum absolute atomic E-state index is 0.0576. The third-order valence-electron chi connectivity index (χ3n) is 2.00. The molecule has 9 nitrogen and oxygen atoms in total. The zero-order valence-electron chi connectivity index (χ0n) is 11.2. The van der Waals surface area contributed by atoms with Crippen LogP contribution in [0.5, 0.6) is 0 Å². The fraction of sp³-hybridized carbons (Fsp3) is 0.700. The summed E-state index contributed by atoms with van der Waals surface area (Å²) in [4.78, 5) is 32.9. The van der Waals surface area contributed by atoms with Gasteiger partial charge in [-0.2, -0.15) is 0 Å². The van der Waals surface area contributed by atoms with Crippen molar-refractivity contribution in [1.82, 2.24) is 5.32 Å². The normalized spacial score (nSPS) is 12.7. The zero-order valence-corrected chi connectivity index (χ0v) is 12.1. The molecular formula is C10H18NO8P. The molecule has 0 radical (unpaired) electrons.